The molecule has 1 aliphatic heterocycles. The molecule has 2 atom stereocenters. The van der Waals surface area contributed by atoms with Gasteiger partial charge in [0.05, 0.1) is 52.2 Å². The summed E-state index contributed by atoms with van der Waals surface area (Å²) in [4.78, 5) is 29.9. The number of rotatable bonds is 4. The second-order valence-electron chi connectivity index (χ2n) is 8.23. The highest BCUT2D eigenvalue weighted by Gasteiger charge is 2.59. The minimum absolute atomic E-state index is 0.159. The normalized spacial score (nSPS) is 27.2. The molecule has 0 unspecified atom stereocenters. The van der Waals surface area contributed by atoms with Crippen molar-refractivity contribution in [2.45, 2.75) is 11.8 Å². The maximum atomic E-state index is 13.7. The van der Waals surface area contributed by atoms with Gasteiger partial charge in [0.2, 0.25) is 5.91 Å². The number of esters is 1. The number of methoxy groups -OCH3 is 1. The lowest BCUT2D eigenvalue weighted by Crippen LogP contribution is -3.12. The average Bonchev–Trinajstić information content (AvgIpc) is 2.75. The molecule has 1 amide bonds. The molecule has 1 N–H and O–H groups in total. The topological polar surface area (TPSA) is 51.1 Å². The van der Waals surface area contributed by atoms with Crippen LogP contribution in [0, 0.1) is 11.8 Å². The summed E-state index contributed by atoms with van der Waals surface area (Å²) < 4.78 is 5.18. The van der Waals surface area contributed by atoms with Crippen LogP contribution in [0.25, 0.3) is 0 Å². The van der Waals surface area contributed by atoms with Gasteiger partial charge in [-0.25, -0.2) is 0 Å². The van der Waals surface area contributed by atoms with E-state index >= 15 is 0 Å². The number of nitrogens with zero attached hydrogens (tertiary/aromatic N) is 1. The number of nitrogens with one attached hydrogen (secondary N) is 1. The third kappa shape index (κ3) is 3.67. The van der Waals surface area contributed by atoms with Gasteiger partial charge in [0.1, 0.15) is 0 Å². The largest absolute Gasteiger partial charge is 0.469 e. The van der Waals surface area contributed by atoms with Crippen LogP contribution in [-0.2, 0) is 14.3 Å². The molecule has 0 radical (unpaired) electrons. The molecular weight excluding hydrogens is 364 g/mol. The van der Waals surface area contributed by atoms with E-state index in [1.807, 2.05) is 65.6 Å². The van der Waals surface area contributed by atoms with E-state index in [2.05, 4.69) is 7.05 Å². The zero-order valence-corrected chi connectivity index (χ0v) is 17.1. The van der Waals surface area contributed by atoms with Gasteiger partial charge in [-0.1, -0.05) is 60.7 Å². The van der Waals surface area contributed by atoms with Crippen LogP contribution < -0.4 is 4.90 Å². The van der Waals surface area contributed by atoms with Crippen molar-refractivity contribution in [2.24, 2.45) is 11.8 Å². The lowest BCUT2D eigenvalue weighted by molar-refractivity contribution is -0.883. The Morgan fingerprint density at radius 2 is 1.34 bits per heavy atom. The summed E-state index contributed by atoms with van der Waals surface area (Å²) in [7, 11) is 3.60. The Hall–Kier alpha value is -2.66. The number of carbonyl (C=O) groups excluding carboxylic acids is 2. The number of carbonyl (C=O) groups is 2. The minimum atomic E-state index is -0.350. The van der Waals surface area contributed by atoms with Gasteiger partial charge in [0.15, 0.2) is 0 Å². The maximum absolute atomic E-state index is 13.7. The van der Waals surface area contributed by atoms with E-state index in [9.17, 15) is 9.59 Å². The molecule has 0 bridgehead atoms. The van der Waals surface area contributed by atoms with E-state index in [0.717, 1.165) is 37.3 Å². The molecule has 1 heterocycles. The predicted molar refractivity (Wildman–Crippen MR) is 111 cm³/mol. The molecule has 2 aromatic rings. The van der Waals surface area contributed by atoms with Crippen LogP contribution in [0.3, 0.4) is 0 Å². The van der Waals surface area contributed by atoms with Crippen molar-refractivity contribution in [1.29, 1.82) is 0 Å². The molecule has 1 saturated carbocycles. The van der Waals surface area contributed by atoms with Gasteiger partial charge < -0.3 is 14.5 Å². The summed E-state index contributed by atoms with van der Waals surface area (Å²) in [6, 6.07) is 19.9. The predicted octanol–water partition coefficient (Wildman–Crippen LogP) is 1.33. The fourth-order valence-electron chi connectivity index (χ4n) is 4.98. The summed E-state index contributed by atoms with van der Waals surface area (Å²) in [5.41, 5.74) is 2.07. The first-order valence-electron chi connectivity index (χ1n) is 10.4. The SMILES string of the molecule is COC(=O)C1[C@H](c2ccccc2)C(C(=O)N2CC[NH+](C)CC2)[C@H]1c1ccccc1. The molecular formula is C24H29N2O3+. The summed E-state index contributed by atoms with van der Waals surface area (Å²) in [6.45, 7) is 3.47. The molecule has 2 fully saturated rings. The van der Waals surface area contributed by atoms with Gasteiger partial charge in [-0.15, -0.1) is 0 Å². The molecule has 2 aliphatic rings. The van der Waals surface area contributed by atoms with E-state index in [1.54, 1.807) is 0 Å². The first-order valence-corrected chi connectivity index (χ1v) is 10.4. The van der Waals surface area contributed by atoms with E-state index in [0.29, 0.717) is 0 Å². The lowest BCUT2D eigenvalue weighted by atomic mass is 9.52. The average molecular weight is 394 g/mol. The molecule has 5 heteroatoms. The summed E-state index contributed by atoms with van der Waals surface area (Å²) in [6.07, 6.45) is 0. The Morgan fingerprint density at radius 1 is 0.862 bits per heavy atom. The van der Waals surface area contributed by atoms with Crippen LogP contribution in [0.5, 0.6) is 0 Å². The Morgan fingerprint density at radius 3 is 1.79 bits per heavy atom. The van der Waals surface area contributed by atoms with Crippen LogP contribution >= 0.6 is 0 Å². The third-order valence-electron chi connectivity index (χ3n) is 6.60. The Kier molecular flexibility index (Phi) is 5.67. The maximum Gasteiger partial charge on any atom is 0.309 e. The Bertz CT molecular complexity index is 799. The Balaban J connectivity index is 1.72. The standard InChI is InChI=1S/C24H28N2O3/c1-25-13-15-26(16-14-25)23(27)21-19(17-9-5-3-6-10-17)22(24(28)29-2)20(21)18-11-7-4-8-12-18/h3-12,19-22H,13-16H2,1-2H3/p+1/t19-,20-,21?,22?/m1/s1. The van der Waals surface area contributed by atoms with Gasteiger partial charge in [-0.05, 0) is 11.1 Å². The number of quaternary nitrogens is 1. The first-order chi connectivity index (χ1) is 14.1. The van der Waals surface area contributed by atoms with E-state index in [1.165, 1.54) is 12.0 Å². The third-order valence-corrected chi connectivity index (χ3v) is 6.60. The molecule has 1 aliphatic carbocycles. The lowest BCUT2D eigenvalue weighted by Gasteiger charge is -2.51. The van der Waals surface area contributed by atoms with Gasteiger partial charge >= 0.3 is 5.97 Å². The van der Waals surface area contributed by atoms with Gasteiger partial charge in [-0.3, -0.25) is 9.59 Å². The van der Waals surface area contributed by atoms with Crippen LogP contribution in [0.2, 0.25) is 0 Å². The fourth-order valence-corrected chi connectivity index (χ4v) is 4.98. The molecule has 152 valence electrons. The van der Waals surface area contributed by atoms with Crippen molar-refractivity contribution >= 4 is 11.9 Å². The molecule has 4 rings (SSSR count). The zero-order valence-electron chi connectivity index (χ0n) is 17.1. The van der Waals surface area contributed by atoms with Crippen LogP contribution in [0.15, 0.2) is 60.7 Å². The minimum Gasteiger partial charge on any atom is -0.469 e. The first kappa shape index (κ1) is 19.6. The second-order valence-corrected chi connectivity index (χ2v) is 8.23. The fraction of sp³-hybridized carbons (Fsp3) is 0.417. The van der Waals surface area contributed by atoms with Crippen LogP contribution in [0.4, 0.5) is 0 Å². The van der Waals surface area contributed by atoms with E-state index in [4.69, 9.17) is 4.74 Å². The molecule has 1 saturated heterocycles. The molecule has 0 spiro atoms. The Labute approximate surface area is 172 Å². The number of amides is 1. The number of piperazine rings is 1. The number of hydrogen-bond donors (Lipinski definition) is 1. The molecule has 5 nitrogen and oxygen atoms in total. The number of hydrogen-bond acceptors (Lipinski definition) is 3. The molecule has 0 aromatic heterocycles. The quantitative estimate of drug-likeness (QED) is 0.798. The number of ether oxygens (including phenoxy) is 1. The second kappa shape index (κ2) is 8.37. The van der Waals surface area contributed by atoms with Crippen molar-refractivity contribution < 1.29 is 19.2 Å². The monoisotopic (exact) mass is 393 g/mol. The smallest absolute Gasteiger partial charge is 0.309 e. The highest BCUT2D eigenvalue weighted by atomic mass is 16.5. The summed E-state index contributed by atoms with van der Waals surface area (Å²) in [5.74, 6) is -0.985. The molecule has 29 heavy (non-hydrogen) atoms. The summed E-state index contributed by atoms with van der Waals surface area (Å²) in [5, 5.41) is 0. The van der Waals surface area contributed by atoms with Crippen molar-refractivity contribution in [3.05, 3.63) is 71.8 Å². The zero-order chi connectivity index (χ0) is 20.4. The van der Waals surface area contributed by atoms with Crippen molar-refractivity contribution in [3.63, 3.8) is 0 Å². The van der Waals surface area contributed by atoms with Crippen LogP contribution in [-0.4, -0.2) is 57.1 Å². The number of likely N-dealkylation sites (N-methyl/N-ethyl adjacent to an activating group) is 1. The van der Waals surface area contributed by atoms with Crippen molar-refractivity contribution in [2.75, 3.05) is 40.3 Å². The van der Waals surface area contributed by atoms with Crippen molar-refractivity contribution in [1.82, 2.24) is 4.90 Å². The van der Waals surface area contributed by atoms with Gasteiger partial charge in [-0.2, -0.15) is 0 Å². The highest BCUT2D eigenvalue weighted by Crippen LogP contribution is 2.58. The summed E-state index contributed by atoms with van der Waals surface area (Å²) >= 11 is 0. The molecule has 2 aromatic carbocycles. The highest BCUT2D eigenvalue weighted by molar-refractivity contribution is 5.88. The van der Waals surface area contributed by atoms with E-state index in [-0.39, 0.29) is 35.5 Å². The van der Waals surface area contributed by atoms with Gasteiger partial charge in [0.25, 0.3) is 0 Å². The van der Waals surface area contributed by atoms with Crippen molar-refractivity contribution in [3.8, 4) is 0 Å². The van der Waals surface area contributed by atoms with E-state index < -0.39 is 0 Å². The number of benzene rings is 2. The van der Waals surface area contributed by atoms with Crippen LogP contribution in [0.1, 0.15) is 23.0 Å². The van der Waals surface area contributed by atoms with Gasteiger partial charge in [0, 0.05) is 11.8 Å².